The number of hydrogen-bond donors (Lipinski definition) is 2. The van der Waals surface area contributed by atoms with Crippen LogP contribution >= 0.6 is 0 Å². The number of aromatic nitrogens is 5. The fourth-order valence-electron chi connectivity index (χ4n) is 3.96. The predicted molar refractivity (Wildman–Crippen MR) is 118 cm³/mol. The molecule has 0 spiro atoms. The van der Waals surface area contributed by atoms with Crippen molar-refractivity contribution in [2.45, 2.75) is 45.4 Å². The number of fused-ring (bicyclic) bond motifs is 3. The molecule has 0 saturated heterocycles. The number of pyridine rings is 3. The number of aryl methyl sites for hydroxylation is 1. The summed E-state index contributed by atoms with van der Waals surface area (Å²) in [5.74, 6) is -0.600. The summed E-state index contributed by atoms with van der Waals surface area (Å²) in [5.41, 5.74) is 4.71. The summed E-state index contributed by atoms with van der Waals surface area (Å²) in [4.78, 5) is 25.3. The van der Waals surface area contributed by atoms with Crippen molar-refractivity contribution < 1.29 is 14.3 Å². The van der Waals surface area contributed by atoms with E-state index in [1.807, 2.05) is 26.0 Å². The van der Waals surface area contributed by atoms with Gasteiger partial charge in [0.15, 0.2) is 5.65 Å². The van der Waals surface area contributed by atoms with Gasteiger partial charge in [0.25, 0.3) is 0 Å². The molecule has 5 rings (SSSR count). The van der Waals surface area contributed by atoms with Crippen LogP contribution in [0.1, 0.15) is 43.5 Å². The fourth-order valence-corrected chi connectivity index (χ4v) is 3.96. The van der Waals surface area contributed by atoms with Gasteiger partial charge in [0.1, 0.15) is 18.3 Å². The molecule has 164 valence electrons. The summed E-state index contributed by atoms with van der Waals surface area (Å²) in [6.45, 7) is 4.00. The summed E-state index contributed by atoms with van der Waals surface area (Å²) in [7, 11) is 0. The second kappa shape index (κ2) is 7.90. The third kappa shape index (κ3) is 3.58. The molecule has 1 unspecified atom stereocenters. The monoisotopic (exact) mass is 434 g/mol. The van der Waals surface area contributed by atoms with Crippen molar-refractivity contribution in [3.8, 4) is 11.1 Å². The van der Waals surface area contributed by atoms with E-state index in [1.165, 1.54) is 6.33 Å². The number of aliphatic hydroxyl groups excluding tert-OH is 1. The lowest BCUT2D eigenvalue weighted by molar-refractivity contribution is -0.117. The molecule has 32 heavy (non-hydrogen) atoms. The van der Waals surface area contributed by atoms with E-state index in [0.717, 1.165) is 34.0 Å². The average molecular weight is 434 g/mol. The fraction of sp³-hybridized carbons (Fsp3) is 0.348. The van der Waals surface area contributed by atoms with Crippen LogP contribution in [0.25, 0.3) is 27.7 Å². The van der Waals surface area contributed by atoms with Gasteiger partial charge in [-0.2, -0.15) is 5.10 Å². The normalized spacial score (nSPS) is 18.8. The van der Waals surface area contributed by atoms with Crippen molar-refractivity contribution in [1.82, 2.24) is 24.6 Å². The highest BCUT2D eigenvalue weighted by atomic mass is 19.1. The number of nitrogens with zero attached hydrogens (tertiary/aromatic N) is 5. The Kier molecular flexibility index (Phi) is 5.05. The zero-order valence-electron chi connectivity index (χ0n) is 17.8. The Bertz CT molecular complexity index is 1340. The SMILES string of the molecule is CCCC(O)c1cc(C)c(-c2cc3cnc(NC(=O)[C@@H]4C[C@@H]4F)cc3n3ncnc23)cn1. The lowest BCUT2D eigenvalue weighted by Gasteiger charge is -2.14. The molecule has 9 heteroatoms. The molecule has 0 aliphatic heterocycles. The van der Waals surface area contributed by atoms with Gasteiger partial charge in [-0.1, -0.05) is 13.3 Å². The van der Waals surface area contributed by atoms with Crippen molar-refractivity contribution in [3.05, 3.63) is 48.2 Å². The second-order valence-electron chi connectivity index (χ2n) is 8.26. The van der Waals surface area contributed by atoms with Crippen LogP contribution in [-0.2, 0) is 4.79 Å². The summed E-state index contributed by atoms with van der Waals surface area (Å²) in [6.07, 6.45) is 5.02. The first-order valence-corrected chi connectivity index (χ1v) is 10.7. The standard InChI is InChI=1S/C23H23FN6O2/c1-3-4-20(31)18-5-12(2)16(10-25-18)14-6-13-9-26-21(29-23(32)15-7-17(15)24)8-19(13)30-22(14)27-11-28-30/h5-6,8-11,15,17,20,31H,3-4,7H2,1-2H3,(H,26,29,32)/t15-,17+,20?/m1/s1. The van der Waals surface area contributed by atoms with Crippen LogP contribution in [0.15, 0.2) is 36.9 Å². The molecule has 1 saturated carbocycles. The Morgan fingerprint density at radius 1 is 1.25 bits per heavy atom. The van der Waals surface area contributed by atoms with E-state index in [2.05, 4.69) is 25.4 Å². The quantitative estimate of drug-likeness (QED) is 0.479. The molecule has 1 aliphatic carbocycles. The van der Waals surface area contributed by atoms with E-state index in [-0.39, 0.29) is 12.3 Å². The smallest absolute Gasteiger partial charge is 0.231 e. The maximum atomic E-state index is 13.2. The lowest BCUT2D eigenvalue weighted by atomic mass is 10.00. The minimum atomic E-state index is -1.06. The molecule has 0 aromatic carbocycles. The van der Waals surface area contributed by atoms with E-state index < -0.39 is 18.2 Å². The predicted octanol–water partition coefficient (Wildman–Crippen LogP) is 3.78. The Morgan fingerprint density at radius 3 is 2.78 bits per heavy atom. The minimum absolute atomic E-state index is 0.262. The van der Waals surface area contributed by atoms with Crippen molar-refractivity contribution in [1.29, 1.82) is 0 Å². The number of nitrogens with one attached hydrogen (secondary N) is 1. The van der Waals surface area contributed by atoms with E-state index >= 15 is 0 Å². The number of carbonyl (C=O) groups is 1. The van der Waals surface area contributed by atoms with Gasteiger partial charge in [0, 0.05) is 35.0 Å². The third-order valence-corrected chi connectivity index (χ3v) is 5.85. The Labute approximate surface area is 183 Å². The summed E-state index contributed by atoms with van der Waals surface area (Å²) in [6, 6.07) is 5.58. The maximum absolute atomic E-state index is 13.2. The first-order valence-electron chi connectivity index (χ1n) is 10.7. The maximum Gasteiger partial charge on any atom is 0.231 e. The number of hydrogen-bond acceptors (Lipinski definition) is 6. The van der Waals surface area contributed by atoms with Crippen LogP contribution in [0, 0.1) is 12.8 Å². The Morgan fingerprint density at radius 2 is 2.06 bits per heavy atom. The van der Waals surface area contributed by atoms with E-state index in [1.54, 1.807) is 23.0 Å². The van der Waals surface area contributed by atoms with Crippen molar-refractivity contribution >= 4 is 28.3 Å². The van der Waals surface area contributed by atoms with Crippen molar-refractivity contribution in [2.24, 2.45) is 5.92 Å². The molecule has 0 radical (unpaired) electrons. The largest absolute Gasteiger partial charge is 0.387 e. The highest BCUT2D eigenvalue weighted by molar-refractivity contribution is 5.97. The molecule has 4 aromatic rings. The molecule has 1 amide bonds. The number of halogens is 1. The van der Waals surface area contributed by atoms with Gasteiger partial charge in [-0.15, -0.1) is 0 Å². The number of amides is 1. The van der Waals surface area contributed by atoms with Crippen LogP contribution in [0.5, 0.6) is 0 Å². The van der Waals surface area contributed by atoms with Gasteiger partial charge >= 0.3 is 0 Å². The van der Waals surface area contributed by atoms with Crippen LogP contribution in [0.3, 0.4) is 0 Å². The molecule has 3 atom stereocenters. The van der Waals surface area contributed by atoms with Crippen molar-refractivity contribution in [2.75, 3.05) is 5.32 Å². The first-order chi connectivity index (χ1) is 15.5. The van der Waals surface area contributed by atoms with Gasteiger partial charge in [-0.05, 0) is 37.5 Å². The molecule has 8 nitrogen and oxygen atoms in total. The Balaban J connectivity index is 1.55. The molecule has 0 bridgehead atoms. The van der Waals surface area contributed by atoms with E-state index in [4.69, 9.17) is 0 Å². The molecule has 2 N–H and O–H groups in total. The van der Waals surface area contributed by atoms with Gasteiger partial charge in [-0.25, -0.2) is 18.9 Å². The highest BCUT2D eigenvalue weighted by Crippen LogP contribution is 2.35. The highest BCUT2D eigenvalue weighted by Gasteiger charge is 2.43. The van der Waals surface area contributed by atoms with Crippen molar-refractivity contribution in [3.63, 3.8) is 0 Å². The van der Waals surface area contributed by atoms with Crippen LogP contribution < -0.4 is 5.32 Å². The van der Waals surface area contributed by atoms with E-state index in [0.29, 0.717) is 23.6 Å². The number of aliphatic hydroxyl groups is 1. The molecular formula is C23H23FN6O2. The second-order valence-corrected chi connectivity index (χ2v) is 8.26. The van der Waals surface area contributed by atoms with Crippen LogP contribution in [0.2, 0.25) is 0 Å². The van der Waals surface area contributed by atoms with Gasteiger partial charge in [0.05, 0.1) is 23.2 Å². The lowest BCUT2D eigenvalue weighted by Crippen LogP contribution is -2.16. The summed E-state index contributed by atoms with van der Waals surface area (Å²) in [5, 5.41) is 18.1. The number of rotatable bonds is 6. The summed E-state index contributed by atoms with van der Waals surface area (Å²) >= 11 is 0. The minimum Gasteiger partial charge on any atom is -0.387 e. The van der Waals surface area contributed by atoms with Gasteiger partial charge < -0.3 is 10.4 Å². The number of carbonyl (C=O) groups excluding carboxylic acids is 1. The average Bonchev–Trinajstić information content (AvgIpc) is 3.30. The van der Waals surface area contributed by atoms with Crippen LogP contribution in [0.4, 0.5) is 10.2 Å². The summed E-state index contributed by atoms with van der Waals surface area (Å²) < 4.78 is 14.9. The molecule has 4 heterocycles. The van der Waals surface area contributed by atoms with E-state index in [9.17, 15) is 14.3 Å². The van der Waals surface area contributed by atoms with Crippen LogP contribution in [-0.4, -0.2) is 41.8 Å². The molecule has 4 aromatic heterocycles. The third-order valence-electron chi connectivity index (χ3n) is 5.85. The number of alkyl halides is 1. The molecule has 1 aliphatic rings. The molecular weight excluding hydrogens is 411 g/mol. The zero-order valence-corrected chi connectivity index (χ0v) is 17.8. The van der Waals surface area contributed by atoms with Gasteiger partial charge in [-0.3, -0.25) is 9.78 Å². The zero-order chi connectivity index (χ0) is 22.4. The Hall–Kier alpha value is -3.46. The van der Waals surface area contributed by atoms with Gasteiger partial charge in [0.2, 0.25) is 5.91 Å². The topological polar surface area (TPSA) is 105 Å². The number of anilines is 1. The molecule has 1 fully saturated rings. The first kappa shape index (κ1) is 20.4.